The van der Waals surface area contributed by atoms with Crippen LogP contribution in [0.5, 0.6) is 0 Å². The average molecular weight is 406 g/mol. The van der Waals surface area contributed by atoms with Crippen molar-refractivity contribution in [2.75, 3.05) is 24.5 Å². The molecular formula is C21H25F3N4O. The second-order valence-electron chi connectivity index (χ2n) is 8.18. The highest BCUT2D eigenvalue weighted by molar-refractivity contribution is 5.94. The van der Waals surface area contributed by atoms with Gasteiger partial charge >= 0.3 is 6.18 Å². The Morgan fingerprint density at radius 1 is 1.28 bits per heavy atom. The molecule has 8 heteroatoms. The van der Waals surface area contributed by atoms with Crippen molar-refractivity contribution in [2.45, 2.75) is 44.4 Å². The van der Waals surface area contributed by atoms with E-state index < -0.39 is 11.7 Å². The number of alkyl halides is 3. The summed E-state index contributed by atoms with van der Waals surface area (Å²) in [6.07, 6.45) is -0.623. The van der Waals surface area contributed by atoms with Crippen molar-refractivity contribution >= 4 is 22.5 Å². The molecule has 2 fully saturated rings. The molecule has 2 aliphatic heterocycles. The Hall–Kier alpha value is -2.35. The zero-order valence-electron chi connectivity index (χ0n) is 16.3. The lowest BCUT2D eigenvalue weighted by Gasteiger charge is -2.39. The van der Waals surface area contributed by atoms with Crippen molar-refractivity contribution in [3.8, 4) is 0 Å². The standard InChI is InChI=1S/C21H25F3N4O/c1-13-9-15(26-10-14-4-7-19(29)27-14)12-28(11-13)18-6-5-17(21(22,23)24)20-16(18)3-2-8-25-20/h2-3,5-6,8,13-15,26H,4,7,9-12H2,1H3,(H,27,29). The maximum absolute atomic E-state index is 13.4. The maximum Gasteiger partial charge on any atom is 0.418 e. The molecule has 1 aromatic heterocycles. The molecule has 2 aliphatic rings. The predicted molar refractivity (Wildman–Crippen MR) is 106 cm³/mol. The number of carbonyl (C=O) groups excluding carboxylic acids is 1. The number of aromatic nitrogens is 1. The molecule has 5 nitrogen and oxygen atoms in total. The number of carbonyl (C=O) groups is 1. The van der Waals surface area contributed by atoms with E-state index in [0.717, 1.165) is 31.1 Å². The third-order valence-electron chi connectivity index (χ3n) is 5.79. The summed E-state index contributed by atoms with van der Waals surface area (Å²) in [4.78, 5) is 17.6. The third kappa shape index (κ3) is 4.32. The highest BCUT2D eigenvalue weighted by atomic mass is 19.4. The van der Waals surface area contributed by atoms with E-state index in [1.54, 1.807) is 18.2 Å². The molecule has 0 saturated carbocycles. The van der Waals surface area contributed by atoms with Gasteiger partial charge in [0.2, 0.25) is 5.91 Å². The Bertz CT molecular complexity index is 901. The zero-order valence-corrected chi connectivity index (χ0v) is 16.3. The van der Waals surface area contributed by atoms with Gasteiger partial charge in [0.1, 0.15) is 0 Å². The fourth-order valence-corrected chi connectivity index (χ4v) is 4.50. The van der Waals surface area contributed by atoms with Gasteiger partial charge in [-0.05, 0) is 43.0 Å². The molecule has 3 heterocycles. The van der Waals surface area contributed by atoms with Crippen LogP contribution in [0.1, 0.15) is 31.7 Å². The number of piperidine rings is 1. The van der Waals surface area contributed by atoms with Gasteiger partial charge in [-0.15, -0.1) is 0 Å². The largest absolute Gasteiger partial charge is 0.418 e. The predicted octanol–water partition coefficient (Wildman–Crippen LogP) is 3.34. The van der Waals surface area contributed by atoms with E-state index in [9.17, 15) is 18.0 Å². The van der Waals surface area contributed by atoms with Crippen LogP contribution in [0, 0.1) is 5.92 Å². The molecule has 2 N–H and O–H groups in total. The number of hydrogen-bond donors (Lipinski definition) is 2. The Labute approximate surface area is 167 Å². The summed E-state index contributed by atoms with van der Waals surface area (Å²) in [5, 5.41) is 7.03. The quantitative estimate of drug-likeness (QED) is 0.818. The van der Waals surface area contributed by atoms with Gasteiger partial charge < -0.3 is 15.5 Å². The highest BCUT2D eigenvalue weighted by Gasteiger charge is 2.35. The van der Waals surface area contributed by atoms with Crippen LogP contribution in [0.15, 0.2) is 30.5 Å². The number of amides is 1. The molecule has 0 radical (unpaired) electrons. The van der Waals surface area contributed by atoms with Gasteiger partial charge in [-0.1, -0.05) is 6.92 Å². The first-order chi connectivity index (χ1) is 13.8. The fourth-order valence-electron chi connectivity index (χ4n) is 4.50. The van der Waals surface area contributed by atoms with Gasteiger partial charge in [0, 0.05) is 55.4 Å². The van der Waals surface area contributed by atoms with Gasteiger partial charge in [-0.3, -0.25) is 9.78 Å². The third-order valence-corrected chi connectivity index (χ3v) is 5.79. The van der Waals surface area contributed by atoms with Crippen LogP contribution in [0.4, 0.5) is 18.9 Å². The van der Waals surface area contributed by atoms with Crippen molar-refractivity contribution in [3.63, 3.8) is 0 Å². The molecule has 2 saturated heterocycles. The first-order valence-electron chi connectivity index (χ1n) is 10.0. The maximum atomic E-state index is 13.4. The molecule has 1 aromatic carbocycles. The van der Waals surface area contributed by atoms with Crippen molar-refractivity contribution < 1.29 is 18.0 Å². The topological polar surface area (TPSA) is 57.3 Å². The van der Waals surface area contributed by atoms with Crippen LogP contribution in [0.25, 0.3) is 10.9 Å². The molecule has 2 aromatic rings. The van der Waals surface area contributed by atoms with E-state index >= 15 is 0 Å². The lowest BCUT2D eigenvalue weighted by molar-refractivity contribution is -0.136. The highest BCUT2D eigenvalue weighted by Crippen LogP contribution is 2.38. The summed E-state index contributed by atoms with van der Waals surface area (Å²) in [6.45, 7) is 4.36. The monoisotopic (exact) mass is 406 g/mol. The van der Waals surface area contributed by atoms with E-state index in [-0.39, 0.29) is 23.5 Å². The number of nitrogens with zero attached hydrogens (tertiary/aromatic N) is 2. The summed E-state index contributed by atoms with van der Waals surface area (Å²) in [6, 6.07) is 6.47. The molecule has 0 spiro atoms. The van der Waals surface area contributed by atoms with Crippen molar-refractivity contribution in [1.29, 1.82) is 0 Å². The molecule has 4 rings (SSSR count). The molecule has 0 bridgehead atoms. The van der Waals surface area contributed by atoms with E-state index in [2.05, 4.69) is 27.4 Å². The van der Waals surface area contributed by atoms with Crippen molar-refractivity contribution in [3.05, 3.63) is 36.0 Å². The van der Waals surface area contributed by atoms with E-state index in [1.165, 1.54) is 6.20 Å². The van der Waals surface area contributed by atoms with E-state index in [4.69, 9.17) is 0 Å². The molecule has 156 valence electrons. The number of rotatable bonds is 4. The van der Waals surface area contributed by atoms with Gasteiger partial charge in [0.25, 0.3) is 0 Å². The minimum atomic E-state index is -4.43. The number of anilines is 1. The van der Waals surface area contributed by atoms with Crippen LogP contribution in [0.3, 0.4) is 0 Å². The number of hydrogen-bond acceptors (Lipinski definition) is 4. The first-order valence-corrected chi connectivity index (χ1v) is 10.0. The zero-order chi connectivity index (χ0) is 20.6. The van der Waals surface area contributed by atoms with Crippen LogP contribution >= 0.6 is 0 Å². The van der Waals surface area contributed by atoms with Gasteiger partial charge in [0.15, 0.2) is 0 Å². The Morgan fingerprint density at radius 3 is 2.83 bits per heavy atom. The van der Waals surface area contributed by atoms with Gasteiger partial charge in [0.05, 0.1) is 11.1 Å². The minimum Gasteiger partial charge on any atom is -0.369 e. The van der Waals surface area contributed by atoms with Crippen molar-refractivity contribution in [2.24, 2.45) is 5.92 Å². The Balaban J connectivity index is 1.55. The van der Waals surface area contributed by atoms with Crippen LogP contribution in [-0.4, -0.2) is 42.6 Å². The summed E-state index contributed by atoms with van der Waals surface area (Å²) in [5.74, 6) is 0.493. The summed E-state index contributed by atoms with van der Waals surface area (Å²) >= 11 is 0. The lowest BCUT2D eigenvalue weighted by Crippen LogP contribution is -2.51. The van der Waals surface area contributed by atoms with Crippen LogP contribution in [-0.2, 0) is 11.0 Å². The Morgan fingerprint density at radius 2 is 2.10 bits per heavy atom. The smallest absolute Gasteiger partial charge is 0.369 e. The van der Waals surface area contributed by atoms with Gasteiger partial charge in [-0.2, -0.15) is 13.2 Å². The molecule has 29 heavy (non-hydrogen) atoms. The fraction of sp³-hybridized carbons (Fsp3) is 0.524. The second kappa shape index (κ2) is 7.82. The molecule has 3 atom stereocenters. The van der Waals surface area contributed by atoms with Crippen molar-refractivity contribution in [1.82, 2.24) is 15.6 Å². The average Bonchev–Trinajstić information content (AvgIpc) is 3.09. The van der Waals surface area contributed by atoms with Crippen LogP contribution in [0.2, 0.25) is 0 Å². The van der Waals surface area contributed by atoms with Gasteiger partial charge in [-0.25, -0.2) is 0 Å². The number of fused-ring (bicyclic) bond motifs is 1. The number of benzene rings is 1. The van der Waals surface area contributed by atoms with E-state index in [1.807, 2.05) is 0 Å². The SMILES string of the molecule is CC1CC(NCC2CCC(=O)N2)CN(c2ccc(C(F)(F)F)c3ncccc23)C1. The molecule has 3 unspecified atom stereocenters. The summed E-state index contributed by atoms with van der Waals surface area (Å²) in [5.41, 5.74) is 0.0797. The lowest BCUT2D eigenvalue weighted by atomic mass is 9.94. The summed E-state index contributed by atoms with van der Waals surface area (Å²) < 4.78 is 40.2. The Kier molecular flexibility index (Phi) is 5.38. The molecule has 0 aliphatic carbocycles. The number of nitrogens with one attached hydrogen (secondary N) is 2. The van der Waals surface area contributed by atoms with Crippen LogP contribution < -0.4 is 15.5 Å². The number of halogens is 3. The summed E-state index contributed by atoms with van der Waals surface area (Å²) in [7, 11) is 0. The molecular weight excluding hydrogens is 381 g/mol. The normalized spacial score (nSPS) is 25.4. The first kappa shape index (κ1) is 19.9. The minimum absolute atomic E-state index is 0.00564. The second-order valence-corrected chi connectivity index (χ2v) is 8.18. The van der Waals surface area contributed by atoms with E-state index in [0.29, 0.717) is 30.8 Å². The number of pyridine rings is 1. The molecule has 1 amide bonds.